The Bertz CT molecular complexity index is 798. The lowest BCUT2D eigenvalue weighted by atomic mass is 10.1. The molecule has 25 heavy (non-hydrogen) atoms. The number of aromatic nitrogens is 2. The highest BCUT2D eigenvalue weighted by molar-refractivity contribution is 7.92. The highest BCUT2D eigenvalue weighted by atomic mass is 32.2. The van der Waals surface area contributed by atoms with Crippen molar-refractivity contribution in [3.63, 3.8) is 0 Å². The van der Waals surface area contributed by atoms with Crippen LogP contribution in [0.2, 0.25) is 0 Å². The molecule has 3 rings (SSSR count). The average molecular weight is 360 g/mol. The topological polar surface area (TPSA) is 84.0 Å². The molecule has 1 heterocycles. The van der Waals surface area contributed by atoms with Gasteiger partial charge in [-0.2, -0.15) is 0 Å². The minimum absolute atomic E-state index is 0.216. The van der Waals surface area contributed by atoms with Crippen LogP contribution in [0.15, 0.2) is 41.3 Å². The van der Waals surface area contributed by atoms with Crippen LogP contribution in [0.25, 0.3) is 0 Å². The van der Waals surface area contributed by atoms with E-state index in [0.29, 0.717) is 11.9 Å². The predicted octanol–water partition coefficient (Wildman–Crippen LogP) is 3.72. The van der Waals surface area contributed by atoms with Crippen molar-refractivity contribution >= 4 is 21.7 Å². The normalized spacial score (nSPS) is 16.2. The van der Waals surface area contributed by atoms with E-state index in [1.807, 2.05) is 13.0 Å². The first kappa shape index (κ1) is 17.7. The predicted molar refractivity (Wildman–Crippen MR) is 99.1 cm³/mol. The Morgan fingerprint density at radius 1 is 0.960 bits per heavy atom. The molecule has 0 aliphatic heterocycles. The fourth-order valence-electron chi connectivity index (χ4n) is 3.08. The van der Waals surface area contributed by atoms with Crippen LogP contribution in [0.5, 0.6) is 0 Å². The van der Waals surface area contributed by atoms with E-state index in [2.05, 4.69) is 20.2 Å². The Hall–Kier alpha value is -2.15. The molecule has 0 amide bonds. The Morgan fingerprint density at radius 2 is 1.64 bits per heavy atom. The van der Waals surface area contributed by atoms with Crippen LogP contribution in [0.3, 0.4) is 0 Å². The lowest BCUT2D eigenvalue weighted by molar-refractivity contribution is 0.600. The van der Waals surface area contributed by atoms with Crippen molar-refractivity contribution in [2.75, 3.05) is 10.0 Å². The molecular weight excluding hydrogens is 336 g/mol. The van der Waals surface area contributed by atoms with Crippen molar-refractivity contribution in [1.82, 2.24) is 10.2 Å². The highest BCUT2D eigenvalue weighted by Gasteiger charge is 2.16. The molecule has 1 aliphatic rings. The molecule has 0 saturated heterocycles. The zero-order chi connectivity index (χ0) is 17.7. The molecule has 1 aliphatic carbocycles. The van der Waals surface area contributed by atoms with Crippen LogP contribution in [-0.2, 0) is 10.0 Å². The minimum Gasteiger partial charge on any atom is -0.366 e. The Kier molecular flexibility index (Phi) is 5.53. The van der Waals surface area contributed by atoms with E-state index in [9.17, 15) is 8.42 Å². The first-order valence-corrected chi connectivity index (χ1v) is 10.2. The van der Waals surface area contributed by atoms with Crippen molar-refractivity contribution < 1.29 is 8.42 Å². The Morgan fingerprint density at radius 3 is 2.28 bits per heavy atom. The third-order valence-corrected chi connectivity index (χ3v) is 5.76. The summed E-state index contributed by atoms with van der Waals surface area (Å²) < 4.78 is 27.3. The van der Waals surface area contributed by atoms with Gasteiger partial charge in [0.1, 0.15) is 5.82 Å². The molecule has 134 valence electrons. The fourth-order valence-corrected chi connectivity index (χ4v) is 4.18. The first-order valence-electron chi connectivity index (χ1n) is 8.73. The van der Waals surface area contributed by atoms with Gasteiger partial charge in [-0.25, -0.2) is 8.42 Å². The molecule has 7 heteroatoms. The van der Waals surface area contributed by atoms with Gasteiger partial charge in [-0.3, -0.25) is 4.72 Å². The maximum absolute atomic E-state index is 12.4. The third kappa shape index (κ3) is 4.92. The summed E-state index contributed by atoms with van der Waals surface area (Å²) in [5.41, 5.74) is 0.886. The average Bonchev–Trinajstić information content (AvgIpc) is 2.85. The summed E-state index contributed by atoms with van der Waals surface area (Å²) in [6.45, 7) is 1.85. The van der Waals surface area contributed by atoms with E-state index in [-0.39, 0.29) is 10.7 Å². The second-order valence-electron chi connectivity index (χ2n) is 6.56. The van der Waals surface area contributed by atoms with Gasteiger partial charge in [0.25, 0.3) is 10.0 Å². The molecule has 1 aromatic heterocycles. The van der Waals surface area contributed by atoms with Crippen LogP contribution < -0.4 is 10.0 Å². The summed E-state index contributed by atoms with van der Waals surface area (Å²) >= 11 is 0. The molecule has 1 aromatic carbocycles. The van der Waals surface area contributed by atoms with E-state index in [0.717, 1.165) is 18.4 Å². The quantitative estimate of drug-likeness (QED) is 0.794. The van der Waals surface area contributed by atoms with E-state index >= 15 is 0 Å². The Labute approximate surface area is 149 Å². The number of rotatable bonds is 5. The summed E-state index contributed by atoms with van der Waals surface area (Å²) in [7, 11) is -3.65. The fraction of sp³-hybridized carbons (Fsp3) is 0.444. The molecule has 1 saturated carbocycles. The molecule has 2 N–H and O–H groups in total. The van der Waals surface area contributed by atoms with Gasteiger partial charge in [0.2, 0.25) is 0 Å². The van der Waals surface area contributed by atoms with Gasteiger partial charge >= 0.3 is 0 Å². The van der Waals surface area contributed by atoms with Crippen molar-refractivity contribution in [3.05, 3.63) is 42.0 Å². The molecule has 0 spiro atoms. The van der Waals surface area contributed by atoms with Gasteiger partial charge in [-0.1, -0.05) is 37.8 Å². The van der Waals surface area contributed by atoms with Crippen LogP contribution in [0, 0.1) is 6.92 Å². The first-order chi connectivity index (χ1) is 12.0. The number of anilines is 2. The van der Waals surface area contributed by atoms with E-state index < -0.39 is 10.0 Å². The van der Waals surface area contributed by atoms with Crippen molar-refractivity contribution in [3.8, 4) is 0 Å². The van der Waals surface area contributed by atoms with E-state index in [4.69, 9.17) is 0 Å². The van der Waals surface area contributed by atoms with Crippen LogP contribution >= 0.6 is 0 Å². The van der Waals surface area contributed by atoms with Crippen molar-refractivity contribution in [1.29, 1.82) is 0 Å². The molecule has 1 fully saturated rings. The molecule has 2 aromatic rings. The van der Waals surface area contributed by atoms with Gasteiger partial charge in [0.15, 0.2) is 5.82 Å². The number of aryl methyl sites for hydroxylation is 1. The summed E-state index contributed by atoms with van der Waals surface area (Å²) in [5, 5.41) is 11.5. The smallest absolute Gasteiger partial charge is 0.263 e. The monoisotopic (exact) mass is 360 g/mol. The van der Waals surface area contributed by atoms with E-state index in [1.165, 1.54) is 25.7 Å². The van der Waals surface area contributed by atoms with Gasteiger partial charge in [0.05, 0.1) is 4.90 Å². The van der Waals surface area contributed by atoms with Crippen LogP contribution in [-0.4, -0.2) is 24.7 Å². The second-order valence-corrected chi connectivity index (χ2v) is 8.24. The number of nitrogens with one attached hydrogen (secondary N) is 2. The summed E-state index contributed by atoms with van der Waals surface area (Å²) in [5.74, 6) is 0.901. The zero-order valence-electron chi connectivity index (χ0n) is 14.4. The molecule has 0 atom stereocenters. The number of hydrogen-bond donors (Lipinski definition) is 2. The molecular formula is C18H24N4O2S. The summed E-state index contributed by atoms with van der Waals surface area (Å²) in [6, 6.07) is 10.6. The highest BCUT2D eigenvalue weighted by Crippen LogP contribution is 2.21. The number of hydrogen-bond acceptors (Lipinski definition) is 5. The van der Waals surface area contributed by atoms with Crippen LogP contribution in [0.1, 0.15) is 44.1 Å². The maximum atomic E-state index is 12.4. The lowest BCUT2D eigenvalue weighted by Gasteiger charge is -2.16. The van der Waals surface area contributed by atoms with E-state index in [1.54, 1.807) is 30.3 Å². The number of benzene rings is 1. The third-order valence-electron chi connectivity index (χ3n) is 4.41. The van der Waals surface area contributed by atoms with Crippen LogP contribution in [0.4, 0.5) is 11.6 Å². The second kappa shape index (κ2) is 7.82. The van der Waals surface area contributed by atoms with Gasteiger partial charge < -0.3 is 5.32 Å². The molecule has 0 unspecified atom stereocenters. The summed E-state index contributed by atoms with van der Waals surface area (Å²) in [6.07, 6.45) is 7.35. The maximum Gasteiger partial charge on any atom is 0.263 e. The molecule has 0 bridgehead atoms. The number of nitrogens with zero attached hydrogens (tertiary/aromatic N) is 2. The molecule has 0 radical (unpaired) electrons. The minimum atomic E-state index is -3.65. The Balaban J connectivity index is 1.66. The lowest BCUT2D eigenvalue weighted by Crippen LogP contribution is -2.20. The molecule has 6 nitrogen and oxygen atoms in total. The van der Waals surface area contributed by atoms with Gasteiger partial charge in [0, 0.05) is 6.04 Å². The van der Waals surface area contributed by atoms with Gasteiger partial charge in [-0.15, -0.1) is 10.2 Å². The number of sulfonamides is 1. The SMILES string of the molecule is Cc1cccc(S(=O)(=O)Nc2ccc(NC3CCCCCC3)nn2)c1. The van der Waals surface area contributed by atoms with Crippen molar-refractivity contribution in [2.24, 2.45) is 0 Å². The standard InChI is InChI=1S/C18H24N4O2S/c1-14-7-6-10-16(13-14)25(23,24)22-18-12-11-17(20-21-18)19-15-8-4-2-3-5-9-15/h6-7,10-13,15H,2-5,8-9H2,1H3,(H,19,20)(H,21,22). The van der Waals surface area contributed by atoms with Crippen molar-refractivity contribution in [2.45, 2.75) is 56.4 Å². The summed E-state index contributed by atoms with van der Waals surface area (Å²) in [4.78, 5) is 0.218. The zero-order valence-corrected chi connectivity index (χ0v) is 15.2. The van der Waals surface area contributed by atoms with Gasteiger partial charge in [-0.05, 0) is 49.6 Å². The largest absolute Gasteiger partial charge is 0.366 e.